The van der Waals surface area contributed by atoms with Gasteiger partial charge in [-0.25, -0.2) is 4.79 Å². The van der Waals surface area contributed by atoms with Gasteiger partial charge in [0.05, 0.1) is 21.6 Å². The fourth-order valence-electron chi connectivity index (χ4n) is 2.79. The Kier molecular flexibility index (Phi) is 4.63. The third-order valence-corrected chi connectivity index (χ3v) is 6.09. The molecule has 0 radical (unpaired) electrons. The van der Waals surface area contributed by atoms with E-state index in [9.17, 15) is 23.7 Å². The first-order chi connectivity index (χ1) is 11.8. The van der Waals surface area contributed by atoms with Gasteiger partial charge in [-0.15, -0.1) is 0 Å². The van der Waals surface area contributed by atoms with Crippen LogP contribution in [0.5, 0.6) is 0 Å². The van der Waals surface area contributed by atoms with Gasteiger partial charge >= 0.3 is 5.97 Å². The molecule has 0 aromatic heterocycles. The third kappa shape index (κ3) is 2.94. The van der Waals surface area contributed by atoms with E-state index >= 15 is 0 Å². The number of hydrogen-bond acceptors (Lipinski definition) is 5. The molecule has 1 unspecified atom stereocenters. The fourth-order valence-corrected chi connectivity index (χ4v) is 4.77. The molecular weight excluding hydrogens is 370 g/mol. The molecule has 4 atom stereocenters. The van der Waals surface area contributed by atoms with Crippen molar-refractivity contribution in [1.82, 2.24) is 10.2 Å². The predicted octanol–water partition coefficient (Wildman–Crippen LogP) is -0.363. The van der Waals surface area contributed by atoms with Gasteiger partial charge in [0.15, 0.2) is 0 Å². The Hall–Kier alpha value is -2.23. The molecule has 2 aliphatic heterocycles. The van der Waals surface area contributed by atoms with Gasteiger partial charge in [0.2, 0.25) is 5.91 Å². The topological polar surface area (TPSA) is 130 Å². The second-order valence-electron chi connectivity index (χ2n) is 5.56. The zero-order valence-corrected chi connectivity index (χ0v) is 14.3. The van der Waals surface area contributed by atoms with Crippen LogP contribution in [0.1, 0.15) is 11.6 Å². The van der Waals surface area contributed by atoms with Crippen molar-refractivity contribution in [2.45, 2.75) is 17.5 Å². The standard InChI is InChI=1S/C15H14ClN3O5S/c16-8-6-25(24)14-10(13(21)19(14)11(8)15(22)23)18-12(20)9(17)7-4-2-1-3-5-7/h1-5,9-10,14H,6,17H2,(H,18,20)(H,22,23)/t9-,10-,14-,25?/m1/s1. The van der Waals surface area contributed by atoms with E-state index in [1.165, 1.54) is 0 Å². The Balaban J connectivity index is 1.78. The van der Waals surface area contributed by atoms with Crippen molar-refractivity contribution in [3.63, 3.8) is 0 Å². The Morgan fingerprint density at radius 2 is 2.00 bits per heavy atom. The number of β-lactam (4-membered cyclic amide) rings is 1. The van der Waals surface area contributed by atoms with Crippen LogP contribution in [0, 0.1) is 0 Å². The zero-order valence-electron chi connectivity index (χ0n) is 12.7. The number of benzene rings is 1. The number of halogens is 1. The Labute approximate surface area is 150 Å². The second kappa shape index (κ2) is 6.58. The first-order valence-corrected chi connectivity index (χ1v) is 9.02. The van der Waals surface area contributed by atoms with E-state index in [1.807, 2.05) is 0 Å². The number of fused-ring (bicyclic) bond motifs is 1. The van der Waals surface area contributed by atoms with E-state index in [2.05, 4.69) is 5.32 Å². The summed E-state index contributed by atoms with van der Waals surface area (Å²) in [5.41, 5.74) is 6.04. The average molecular weight is 384 g/mol. The van der Waals surface area contributed by atoms with Crippen LogP contribution in [0.4, 0.5) is 0 Å². The smallest absolute Gasteiger partial charge is 0.353 e. The largest absolute Gasteiger partial charge is 0.477 e. The highest BCUT2D eigenvalue weighted by Crippen LogP contribution is 2.36. The highest BCUT2D eigenvalue weighted by molar-refractivity contribution is 7.86. The van der Waals surface area contributed by atoms with E-state index in [0.29, 0.717) is 5.56 Å². The lowest BCUT2D eigenvalue weighted by atomic mass is 10.0. The van der Waals surface area contributed by atoms with Crippen LogP contribution in [0.15, 0.2) is 41.1 Å². The predicted molar refractivity (Wildman–Crippen MR) is 89.5 cm³/mol. The van der Waals surface area contributed by atoms with Crippen molar-refractivity contribution in [3.05, 3.63) is 46.6 Å². The van der Waals surface area contributed by atoms with Crippen molar-refractivity contribution in [2.75, 3.05) is 5.75 Å². The maximum Gasteiger partial charge on any atom is 0.353 e. The molecule has 132 valence electrons. The molecule has 1 saturated heterocycles. The summed E-state index contributed by atoms with van der Waals surface area (Å²) in [4.78, 5) is 36.7. The molecule has 1 aromatic rings. The van der Waals surface area contributed by atoms with Crippen LogP contribution in [-0.4, -0.2) is 49.2 Å². The molecular formula is C15H14ClN3O5S. The van der Waals surface area contributed by atoms with Gasteiger partial charge in [0.25, 0.3) is 5.91 Å². The minimum atomic E-state index is -1.62. The summed E-state index contributed by atoms with van der Waals surface area (Å²) in [5.74, 6) is -2.86. The van der Waals surface area contributed by atoms with Crippen LogP contribution in [0.25, 0.3) is 0 Å². The van der Waals surface area contributed by atoms with Crippen molar-refractivity contribution >= 4 is 40.2 Å². The molecule has 10 heteroatoms. The number of nitrogens with zero attached hydrogens (tertiary/aromatic N) is 1. The Morgan fingerprint density at radius 1 is 1.36 bits per heavy atom. The lowest BCUT2D eigenvalue weighted by molar-refractivity contribution is -0.151. The number of carbonyl (C=O) groups excluding carboxylic acids is 2. The lowest BCUT2D eigenvalue weighted by Gasteiger charge is -2.48. The summed E-state index contributed by atoms with van der Waals surface area (Å²) in [6.45, 7) is 0. The normalized spacial score (nSPS) is 26.6. The van der Waals surface area contributed by atoms with E-state index < -0.39 is 51.7 Å². The van der Waals surface area contributed by atoms with Gasteiger partial charge in [-0.1, -0.05) is 41.9 Å². The minimum Gasteiger partial charge on any atom is -0.477 e. The van der Waals surface area contributed by atoms with E-state index in [4.69, 9.17) is 17.3 Å². The molecule has 2 heterocycles. The maximum absolute atomic E-state index is 12.3. The molecule has 0 bridgehead atoms. The van der Waals surface area contributed by atoms with Crippen molar-refractivity contribution < 1.29 is 23.7 Å². The summed E-state index contributed by atoms with van der Waals surface area (Å²) in [6, 6.07) is 6.46. The molecule has 4 N–H and O–H groups in total. The lowest BCUT2D eigenvalue weighted by Crippen LogP contribution is -2.73. The molecule has 2 aliphatic rings. The number of carboxylic acid groups (broad SMARTS) is 1. The number of rotatable bonds is 4. The van der Waals surface area contributed by atoms with E-state index in [-0.39, 0.29) is 10.8 Å². The quantitative estimate of drug-likeness (QED) is 0.608. The van der Waals surface area contributed by atoms with Crippen molar-refractivity contribution in [2.24, 2.45) is 5.73 Å². The van der Waals surface area contributed by atoms with Crippen LogP contribution in [-0.2, 0) is 25.2 Å². The summed E-state index contributed by atoms with van der Waals surface area (Å²) < 4.78 is 12.2. The van der Waals surface area contributed by atoms with Crippen molar-refractivity contribution in [1.29, 1.82) is 0 Å². The van der Waals surface area contributed by atoms with Gasteiger partial charge in [-0.3, -0.25) is 18.7 Å². The van der Waals surface area contributed by atoms with Crippen LogP contribution >= 0.6 is 11.6 Å². The Morgan fingerprint density at radius 3 is 2.60 bits per heavy atom. The number of nitrogens with two attached hydrogens (primary N) is 1. The van der Waals surface area contributed by atoms with E-state index in [0.717, 1.165) is 4.90 Å². The van der Waals surface area contributed by atoms with Crippen LogP contribution in [0.2, 0.25) is 0 Å². The number of carbonyl (C=O) groups is 3. The molecule has 0 spiro atoms. The monoisotopic (exact) mass is 383 g/mol. The van der Waals surface area contributed by atoms with Gasteiger partial charge in [0.1, 0.15) is 23.2 Å². The molecule has 25 heavy (non-hydrogen) atoms. The zero-order chi connectivity index (χ0) is 18.3. The fraction of sp³-hybridized carbons (Fsp3) is 0.267. The average Bonchev–Trinajstić information content (AvgIpc) is 2.58. The van der Waals surface area contributed by atoms with Crippen molar-refractivity contribution in [3.8, 4) is 0 Å². The highest BCUT2D eigenvalue weighted by Gasteiger charge is 2.57. The summed E-state index contributed by atoms with van der Waals surface area (Å²) in [5, 5.41) is 10.5. The molecule has 0 saturated carbocycles. The van der Waals surface area contributed by atoms with E-state index in [1.54, 1.807) is 30.3 Å². The van der Waals surface area contributed by atoms with Gasteiger partial charge in [-0.2, -0.15) is 0 Å². The first kappa shape index (κ1) is 17.6. The Bertz CT molecular complexity index is 813. The first-order valence-electron chi connectivity index (χ1n) is 7.26. The molecule has 0 aliphatic carbocycles. The molecule has 1 fully saturated rings. The number of amides is 2. The number of hydrogen-bond donors (Lipinski definition) is 3. The minimum absolute atomic E-state index is 0.152. The van der Waals surface area contributed by atoms with Gasteiger partial charge in [0, 0.05) is 0 Å². The third-order valence-electron chi connectivity index (χ3n) is 4.02. The molecule has 1 aromatic carbocycles. The maximum atomic E-state index is 12.3. The van der Waals surface area contributed by atoms with Gasteiger partial charge < -0.3 is 16.2 Å². The number of nitrogens with one attached hydrogen (secondary N) is 1. The molecule has 8 nitrogen and oxygen atoms in total. The van der Waals surface area contributed by atoms with Gasteiger partial charge in [-0.05, 0) is 5.56 Å². The van der Waals surface area contributed by atoms with Crippen LogP contribution < -0.4 is 11.1 Å². The van der Waals surface area contributed by atoms with Crippen LogP contribution in [0.3, 0.4) is 0 Å². The number of aliphatic carboxylic acids is 1. The summed E-state index contributed by atoms with van der Waals surface area (Å²) in [6.07, 6.45) is 0. The SMILES string of the molecule is N[C@@H](C(=O)N[C@@H]1C(=O)N2C(C(=O)O)=C(Cl)CS(=O)[C@H]12)c1ccccc1. The molecule has 2 amide bonds. The molecule has 3 rings (SSSR count). The number of carboxylic acids is 1. The summed E-state index contributed by atoms with van der Waals surface area (Å²) in [7, 11) is -1.62. The summed E-state index contributed by atoms with van der Waals surface area (Å²) >= 11 is 5.82. The second-order valence-corrected chi connectivity index (χ2v) is 7.55. The highest BCUT2D eigenvalue weighted by atomic mass is 35.5.